The summed E-state index contributed by atoms with van der Waals surface area (Å²) in [5.74, 6) is 0.0867. The van der Waals surface area contributed by atoms with Gasteiger partial charge in [-0.05, 0) is 42.9 Å². The Hall–Kier alpha value is -2.63. The fraction of sp³-hybridized carbons (Fsp3) is 0.500. The first-order valence-electron chi connectivity index (χ1n) is 10.2. The minimum absolute atomic E-state index is 0.0305. The molecule has 1 aliphatic rings. The van der Waals surface area contributed by atoms with Crippen LogP contribution < -0.4 is 10.2 Å². The van der Waals surface area contributed by atoms with Crippen LogP contribution in [0.15, 0.2) is 36.7 Å². The lowest BCUT2D eigenvalue weighted by molar-refractivity contribution is -0.126. The van der Waals surface area contributed by atoms with Gasteiger partial charge >= 0.3 is 0 Å². The van der Waals surface area contributed by atoms with E-state index >= 15 is 0 Å². The van der Waals surface area contributed by atoms with Crippen molar-refractivity contribution in [2.24, 2.45) is 5.92 Å². The number of aromatic nitrogens is 2. The summed E-state index contributed by atoms with van der Waals surface area (Å²) in [6.07, 6.45) is 5.92. The molecule has 0 spiro atoms. The molecule has 1 aromatic heterocycles. The Kier molecular flexibility index (Phi) is 6.49. The Bertz CT molecular complexity index is 829. The molecule has 2 heterocycles. The number of para-hydroxylation sites is 1. The van der Waals surface area contributed by atoms with Gasteiger partial charge in [0.2, 0.25) is 11.8 Å². The van der Waals surface area contributed by atoms with Crippen LogP contribution >= 0.6 is 0 Å². The molecule has 1 aromatic carbocycles. The van der Waals surface area contributed by atoms with E-state index in [1.54, 1.807) is 4.90 Å². The van der Waals surface area contributed by atoms with Gasteiger partial charge in [-0.3, -0.25) is 14.3 Å². The molecule has 150 valence electrons. The summed E-state index contributed by atoms with van der Waals surface area (Å²) in [5.41, 5.74) is 3.26. The fourth-order valence-electron chi connectivity index (χ4n) is 3.67. The van der Waals surface area contributed by atoms with E-state index in [9.17, 15) is 9.59 Å². The van der Waals surface area contributed by atoms with Gasteiger partial charge in [-0.25, -0.2) is 0 Å². The van der Waals surface area contributed by atoms with Crippen molar-refractivity contribution < 1.29 is 9.59 Å². The molecule has 2 unspecified atom stereocenters. The van der Waals surface area contributed by atoms with Gasteiger partial charge in [0, 0.05) is 37.9 Å². The van der Waals surface area contributed by atoms with E-state index in [2.05, 4.69) is 30.3 Å². The maximum absolute atomic E-state index is 12.6. The summed E-state index contributed by atoms with van der Waals surface area (Å²) in [6.45, 7) is 8.14. The third-order valence-corrected chi connectivity index (χ3v) is 5.49. The first kappa shape index (κ1) is 20.1. The van der Waals surface area contributed by atoms with Crippen LogP contribution in [0, 0.1) is 12.8 Å². The van der Waals surface area contributed by atoms with Crippen molar-refractivity contribution in [2.45, 2.75) is 52.5 Å². The molecular weight excluding hydrogens is 352 g/mol. The Morgan fingerprint density at radius 3 is 2.86 bits per heavy atom. The molecule has 2 aromatic rings. The second-order valence-corrected chi connectivity index (χ2v) is 7.70. The van der Waals surface area contributed by atoms with E-state index in [1.807, 2.05) is 42.2 Å². The first-order valence-corrected chi connectivity index (χ1v) is 10.2. The second kappa shape index (κ2) is 9.04. The predicted molar refractivity (Wildman–Crippen MR) is 110 cm³/mol. The molecule has 0 aliphatic carbocycles. The number of rotatable bonds is 8. The molecule has 2 amide bonds. The van der Waals surface area contributed by atoms with Crippen LogP contribution in [0.2, 0.25) is 0 Å². The summed E-state index contributed by atoms with van der Waals surface area (Å²) in [6, 6.07) is 8.04. The number of benzene rings is 1. The van der Waals surface area contributed by atoms with Crippen molar-refractivity contribution in [2.75, 3.05) is 18.0 Å². The van der Waals surface area contributed by atoms with E-state index in [-0.39, 0.29) is 24.2 Å². The average Bonchev–Trinajstić information content (AvgIpc) is 3.30. The Balaban J connectivity index is 1.54. The third kappa shape index (κ3) is 4.61. The quantitative estimate of drug-likeness (QED) is 0.713. The van der Waals surface area contributed by atoms with Crippen molar-refractivity contribution >= 4 is 17.5 Å². The Labute approximate surface area is 166 Å². The first-order chi connectivity index (χ1) is 13.5. The van der Waals surface area contributed by atoms with Gasteiger partial charge < -0.3 is 10.2 Å². The van der Waals surface area contributed by atoms with E-state index in [0.29, 0.717) is 19.0 Å². The molecule has 6 heteroatoms. The van der Waals surface area contributed by atoms with Crippen molar-refractivity contribution in [1.82, 2.24) is 15.1 Å². The topological polar surface area (TPSA) is 67.2 Å². The lowest BCUT2D eigenvalue weighted by atomic mass is 9.96. The van der Waals surface area contributed by atoms with Crippen molar-refractivity contribution in [3.8, 4) is 0 Å². The van der Waals surface area contributed by atoms with Crippen molar-refractivity contribution in [1.29, 1.82) is 0 Å². The van der Waals surface area contributed by atoms with Crippen LogP contribution in [0.5, 0.6) is 0 Å². The fourth-order valence-corrected chi connectivity index (χ4v) is 3.67. The Morgan fingerprint density at radius 1 is 1.36 bits per heavy atom. The second-order valence-electron chi connectivity index (χ2n) is 7.70. The van der Waals surface area contributed by atoms with Crippen LogP contribution in [0.3, 0.4) is 0 Å². The number of hydrogen-bond acceptors (Lipinski definition) is 3. The number of nitrogens with zero attached hydrogens (tertiary/aromatic N) is 3. The molecule has 3 rings (SSSR count). The van der Waals surface area contributed by atoms with Gasteiger partial charge in [0.15, 0.2) is 0 Å². The predicted octanol–water partition coefficient (Wildman–Crippen LogP) is 3.26. The molecule has 0 radical (unpaired) electrons. The number of carbonyl (C=O) groups is 2. The zero-order chi connectivity index (χ0) is 20.1. The van der Waals surface area contributed by atoms with E-state index in [4.69, 9.17) is 0 Å². The van der Waals surface area contributed by atoms with Gasteiger partial charge in [-0.15, -0.1) is 0 Å². The SMILES string of the molecule is CCC(C)c1ccccc1N1CC(C(=O)NCCCn2cc(C)cn2)CC1=O. The highest BCUT2D eigenvalue weighted by molar-refractivity contribution is 6.00. The molecule has 1 saturated heterocycles. The molecule has 28 heavy (non-hydrogen) atoms. The van der Waals surface area contributed by atoms with Crippen LogP contribution in [-0.4, -0.2) is 34.7 Å². The summed E-state index contributed by atoms with van der Waals surface area (Å²) in [5, 5.41) is 7.23. The molecule has 2 atom stereocenters. The summed E-state index contributed by atoms with van der Waals surface area (Å²) in [7, 11) is 0. The normalized spacial score (nSPS) is 17.8. The number of amides is 2. The molecule has 1 fully saturated rings. The highest BCUT2D eigenvalue weighted by Gasteiger charge is 2.36. The van der Waals surface area contributed by atoms with Crippen molar-refractivity contribution in [3.05, 3.63) is 47.8 Å². The zero-order valence-electron chi connectivity index (χ0n) is 17.0. The molecule has 1 aliphatic heterocycles. The summed E-state index contributed by atoms with van der Waals surface area (Å²) >= 11 is 0. The lowest BCUT2D eigenvalue weighted by Crippen LogP contribution is -2.34. The lowest BCUT2D eigenvalue weighted by Gasteiger charge is -2.23. The zero-order valence-corrected chi connectivity index (χ0v) is 17.0. The summed E-state index contributed by atoms with van der Waals surface area (Å²) in [4.78, 5) is 26.9. The highest BCUT2D eigenvalue weighted by atomic mass is 16.2. The maximum atomic E-state index is 12.6. The van der Waals surface area contributed by atoms with Gasteiger partial charge in [-0.2, -0.15) is 5.10 Å². The largest absolute Gasteiger partial charge is 0.356 e. The van der Waals surface area contributed by atoms with Crippen LogP contribution in [0.25, 0.3) is 0 Å². The van der Waals surface area contributed by atoms with E-state index in [1.165, 1.54) is 5.56 Å². The number of nitrogens with one attached hydrogen (secondary N) is 1. The number of carbonyl (C=O) groups excluding carboxylic acids is 2. The smallest absolute Gasteiger partial charge is 0.227 e. The number of aryl methyl sites for hydroxylation is 2. The monoisotopic (exact) mass is 382 g/mol. The van der Waals surface area contributed by atoms with Crippen LogP contribution in [-0.2, 0) is 16.1 Å². The number of hydrogen-bond donors (Lipinski definition) is 1. The van der Waals surface area contributed by atoms with Crippen LogP contribution in [0.1, 0.15) is 50.2 Å². The molecule has 1 N–H and O–H groups in total. The van der Waals surface area contributed by atoms with Gasteiger partial charge in [0.05, 0.1) is 12.1 Å². The number of anilines is 1. The standard InChI is InChI=1S/C22H30N4O2/c1-4-17(3)19-8-5-6-9-20(19)26-15-18(12-21(26)27)22(28)23-10-7-11-25-14-16(2)13-24-25/h5-6,8-9,13-14,17-18H,4,7,10-12,15H2,1-3H3,(H,23,28). The molecule has 0 bridgehead atoms. The maximum Gasteiger partial charge on any atom is 0.227 e. The molecule has 0 saturated carbocycles. The van der Waals surface area contributed by atoms with Crippen LogP contribution in [0.4, 0.5) is 5.69 Å². The van der Waals surface area contributed by atoms with Gasteiger partial charge in [-0.1, -0.05) is 32.0 Å². The third-order valence-electron chi connectivity index (χ3n) is 5.49. The minimum atomic E-state index is -0.288. The summed E-state index contributed by atoms with van der Waals surface area (Å²) < 4.78 is 1.88. The van der Waals surface area contributed by atoms with Gasteiger partial charge in [0.1, 0.15) is 0 Å². The average molecular weight is 383 g/mol. The van der Waals surface area contributed by atoms with E-state index in [0.717, 1.165) is 30.6 Å². The minimum Gasteiger partial charge on any atom is -0.356 e. The molecule has 6 nitrogen and oxygen atoms in total. The van der Waals surface area contributed by atoms with Gasteiger partial charge in [0.25, 0.3) is 0 Å². The highest BCUT2D eigenvalue weighted by Crippen LogP contribution is 2.33. The molecular formula is C22H30N4O2. The Morgan fingerprint density at radius 2 is 2.14 bits per heavy atom. The van der Waals surface area contributed by atoms with E-state index < -0.39 is 0 Å². The van der Waals surface area contributed by atoms with Crippen molar-refractivity contribution in [3.63, 3.8) is 0 Å².